The number of aromatic carboxylic acids is 1. The maximum Gasteiger partial charge on any atom is 0.338 e. The molecule has 1 saturated heterocycles. The van der Waals surface area contributed by atoms with Crippen LogP contribution in [0, 0.1) is 17.7 Å². The van der Waals surface area contributed by atoms with Gasteiger partial charge in [-0.1, -0.05) is 19.9 Å². The van der Waals surface area contributed by atoms with Gasteiger partial charge >= 0.3 is 5.97 Å². The molecule has 1 N–H and O–H groups in total. The number of likely N-dealkylation sites (tertiary alicyclic amines) is 1. The molecule has 1 aliphatic heterocycles. The number of imide groups is 1. The first kappa shape index (κ1) is 14.2. The molecule has 0 aliphatic carbocycles. The summed E-state index contributed by atoms with van der Waals surface area (Å²) >= 11 is 0. The van der Waals surface area contributed by atoms with Gasteiger partial charge in [-0.3, -0.25) is 14.5 Å². The van der Waals surface area contributed by atoms with Crippen molar-refractivity contribution in [1.29, 1.82) is 0 Å². The van der Waals surface area contributed by atoms with E-state index < -0.39 is 17.3 Å². The number of hydrogen-bond donors (Lipinski definition) is 1. The van der Waals surface area contributed by atoms with E-state index in [2.05, 4.69) is 0 Å². The van der Waals surface area contributed by atoms with Gasteiger partial charge in [-0.05, 0) is 17.7 Å². The van der Waals surface area contributed by atoms with Gasteiger partial charge in [0.1, 0.15) is 5.82 Å². The predicted molar refractivity (Wildman–Crippen MR) is 67.2 cm³/mol. The Balaban J connectivity index is 2.23. The van der Waals surface area contributed by atoms with E-state index in [-0.39, 0.29) is 30.2 Å². The fourth-order valence-electron chi connectivity index (χ4n) is 2.20. The summed E-state index contributed by atoms with van der Waals surface area (Å²) in [6.07, 6.45) is 0. The van der Waals surface area contributed by atoms with Crippen molar-refractivity contribution in [3.05, 3.63) is 35.1 Å². The summed E-state index contributed by atoms with van der Waals surface area (Å²) in [5.74, 6) is -3.58. The van der Waals surface area contributed by atoms with Crippen LogP contribution in [-0.2, 0) is 16.1 Å². The molecule has 1 aromatic rings. The van der Waals surface area contributed by atoms with Crippen LogP contribution in [0.3, 0.4) is 0 Å². The number of carboxylic acids is 1. The van der Waals surface area contributed by atoms with E-state index in [1.54, 1.807) is 13.8 Å². The summed E-state index contributed by atoms with van der Waals surface area (Å²) in [5, 5.41) is 8.74. The number of nitrogens with zero attached hydrogens (tertiary/aromatic N) is 1. The molecule has 0 spiro atoms. The lowest BCUT2D eigenvalue weighted by Gasteiger charge is -2.14. The van der Waals surface area contributed by atoms with Crippen molar-refractivity contribution in [2.75, 3.05) is 0 Å². The summed E-state index contributed by atoms with van der Waals surface area (Å²) < 4.78 is 13.6. The van der Waals surface area contributed by atoms with Gasteiger partial charge in [0.05, 0.1) is 12.1 Å². The highest BCUT2D eigenvalue weighted by Gasteiger charge is 2.42. The molecule has 106 valence electrons. The molecule has 1 aromatic carbocycles. The lowest BCUT2D eigenvalue weighted by atomic mass is 10.00. The Bertz CT molecular complexity index is 579. The van der Waals surface area contributed by atoms with E-state index in [1.807, 2.05) is 0 Å². The minimum atomic E-state index is -1.36. The molecule has 2 amide bonds. The van der Waals surface area contributed by atoms with Crippen molar-refractivity contribution in [3.8, 4) is 0 Å². The Hall–Kier alpha value is -2.24. The first-order valence-electron chi connectivity index (χ1n) is 6.20. The van der Waals surface area contributed by atoms with Crippen LogP contribution in [0.2, 0.25) is 0 Å². The van der Waals surface area contributed by atoms with Crippen LogP contribution in [0.15, 0.2) is 18.2 Å². The zero-order chi connectivity index (χ0) is 15.0. The summed E-state index contributed by atoms with van der Waals surface area (Å²) in [6, 6.07) is 3.57. The highest BCUT2D eigenvalue weighted by molar-refractivity contribution is 6.04. The van der Waals surface area contributed by atoms with E-state index in [0.29, 0.717) is 5.56 Å². The van der Waals surface area contributed by atoms with Crippen LogP contribution in [0.25, 0.3) is 0 Å². The molecule has 0 saturated carbocycles. The molecule has 0 aromatic heterocycles. The average molecular weight is 279 g/mol. The summed E-state index contributed by atoms with van der Waals surface area (Å²) in [5.41, 5.74) is -0.0509. The molecule has 2 atom stereocenters. The molecule has 2 unspecified atom stereocenters. The Morgan fingerprint density at radius 2 is 1.80 bits per heavy atom. The van der Waals surface area contributed by atoms with Gasteiger partial charge < -0.3 is 5.11 Å². The fraction of sp³-hybridized carbons (Fsp3) is 0.357. The fourth-order valence-corrected chi connectivity index (χ4v) is 2.20. The Kier molecular flexibility index (Phi) is 3.57. The smallest absolute Gasteiger partial charge is 0.338 e. The number of rotatable bonds is 3. The molecule has 6 heteroatoms. The third-order valence-electron chi connectivity index (χ3n) is 3.67. The lowest BCUT2D eigenvalue weighted by molar-refractivity contribution is -0.140. The predicted octanol–water partition coefficient (Wildman–Crippen LogP) is 1.66. The van der Waals surface area contributed by atoms with E-state index in [9.17, 15) is 18.8 Å². The number of hydrogen-bond acceptors (Lipinski definition) is 3. The Morgan fingerprint density at radius 3 is 2.25 bits per heavy atom. The molecular formula is C14H14FNO4. The van der Waals surface area contributed by atoms with Crippen molar-refractivity contribution < 1.29 is 23.9 Å². The monoisotopic (exact) mass is 279 g/mol. The highest BCUT2D eigenvalue weighted by atomic mass is 19.1. The standard InChI is InChI=1S/C14H14FNO4/c1-7-8(2)13(18)16(12(7)17)6-9-3-4-10(14(19)20)11(15)5-9/h3-5,7-8H,6H2,1-2H3,(H,19,20). The third kappa shape index (κ3) is 2.29. The molecule has 1 aliphatic rings. The second kappa shape index (κ2) is 5.03. The van der Waals surface area contributed by atoms with Crippen LogP contribution in [0.4, 0.5) is 4.39 Å². The summed E-state index contributed by atoms with van der Waals surface area (Å²) in [4.78, 5) is 35.6. The van der Waals surface area contributed by atoms with Crippen molar-refractivity contribution in [3.63, 3.8) is 0 Å². The van der Waals surface area contributed by atoms with E-state index >= 15 is 0 Å². The Labute approximate surface area is 115 Å². The van der Waals surface area contributed by atoms with Gasteiger partial charge in [-0.15, -0.1) is 0 Å². The van der Waals surface area contributed by atoms with E-state index in [1.165, 1.54) is 6.07 Å². The van der Waals surface area contributed by atoms with Gasteiger partial charge in [0.2, 0.25) is 11.8 Å². The number of carbonyl (C=O) groups excluding carboxylic acids is 2. The normalized spacial score (nSPS) is 22.4. The van der Waals surface area contributed by atoms with Crippen LogP contribution in [0.5, 0.6) is 0 Å². The zero-order valence-corrected chi connectivity index (χ0v) is 11.1. The second-order valence-corrected chi connectivity index (χ2v) is 4.96. The molecular weight excluding hydrogens is 265 g/mol. The van der Waals surface area contributed by atoms with E-state index in [0.717, 1.165) is 17.0 Å². The quantitative estimate of drug-likeness (QED) is 0.854. The number of carbonyl (C=O) groups is 3. The minimum absolute atomic E-state index is 0.0385. The molecule has 20 heavy (non-hydrogen) atoms. The van der Waals surface area contributed by atoms with Crippen molar-refractivity contribution in [1.82, 2.24) is 4.90 Å². The molecule has 0 bridgehead atoms. The van der Waals surface area contributed by atoms with Crippen molar-refractivity contribution in [2.45, 2.75) is 20.4 Å². The average Bonchev–Trinajstić information content (AvgIpc) is 2.56. The molecule has 2 rings (SSSR count). The number of halogens is 1. The first-order valence-corrected chi connectivity index (χ1v) is 6.20. The Morgan fingerprint density at radius 1 is 1.25 bits per heavy atom. The van der Waals surface area contributed by atoms with Gasteiger partial charge in [0.15, 0.2) is 0 Å². The second-order valence-electron chi connectivity index (χ2n) is 4.96. The van der Waals surface area contributed by atoms with Crippen LogP contribution >= 0.6 is 0 Å². The first-order chi connectivity index (χ1) is 9.32. The zero-order valence-electron chi connectivity index (χ0n) is 11.1. The number of amides is 2. The van der Waals surface area contributed by atoms with Crippen molar-refractivity contribution >= 4 is 17.8 Å². The topological polar surface area (TPSA) is 74.7 Å². The van der Waals surface area contributed by atoms with Crippen LogP contribution in [-0.4, -0.2) is 27.8 Å². The lowest BCUT2D eigenvalue weighted by Crippen LogP contribution is -2.30. The largest absolute Gasteiger partial charge is 0.478 e. The minimum Gasteiger partial charge on any atom is -0.478 e. The third-order valence-corrected chi connectivity index (χ3v) is 3.67. The van der Waals surface area contributed by atoms with Crippen LogP contribution < -0.4 is 0 Å². The van der Waals surface area contributed by atoms with E-state index in [4.69, 9.17) is 5.11 Å². The van der Waals surface area contributed by atoms with Gasteiger partial charge in [0, 0.05) is 11.8 Å². The van der Waals surface area contributed by atoms with Gasteiger partial charge in [-0.25, -0.2) is 9.18 Å². The summed E-state index contributed by atoms with van der Waals surface area (Å²) in [7, 11) is 0. The maximum atomic E-state index is 13.6. The highest BCUT2D eigenvalue weighted by Crippen LogP contribution is 2.27. The summed E-state index contributed by atoms with van der Waals surface area (Å²) in [6.45, 7) is 3.32. The van der Waals surface area contributed by atoms with Gasteiger partial charge in [-0.2, -0.15) is 0 Å². The SMILES string of the molecule is CC1C(=O)N(Cc2ccc(C(=O)O)c(F)c2)C(=O)C1C. The van der Waals surface area contributed by atoms with Gasteiger partial charge in [0.25, 0.3) is 0 Å². The molecule has 5 nitrogen and oxygen atoms in total. The number of carboxylic acid groups (broad SMARTS) is 1. The molecule has 1 fully saturated rings. The number of benzene rings is 1. The molecule has 1 heterocycles. The van der Waals surface area contributed by atoms with Crippen LogP contribution in [0.1, 0.15) is 29.8 Å². The maximum absolute atomic E-state index is 13.6. The van der Waals surface area contributed by atoms with Crippen molar-refractivity contribution in [2.24, 2.45) is 11.8 Å². The molecule has 0 radical (unpaired) electrons.